The number of carbonyl (C=O) groups is 2. The molecule has 2 N–H and O–H groups in total. The smallest absolute Gasteiger partial charge is 0.238 e. The number of anilines is 1. The van der Waals surface area contributed by atoms with Gasteiger partial charge in [-0.1, -0.05) is 43.3 Å². The summed E-state index contributed by atoms with van der Waals surface area (Å²) >= 11 is 0. The molecule has 0 spiro atoms. The van der Waals surface area contributed by atoms with Gasteiger partial charge in [0, 0.05) is 13.0 Å². The van der Waals surface area contributed by atoms with Crippen LogP contribution in [0.2, 0.25) is 0 Å². The minimum Gasteiger partial charge on any atom is -0.495 e. The molecule has 0 radical (unpaired) electrons. The number of ether oxygens (including phenoxy) is 1. The number of fused-ring (bicyclic) bond motifs is 1. The second-order valence-corrected chi connectivity index (χ2v) is 7.99. The number of hydrogen-bond acceptors (Lipinski definition) is 4. The number of amides is 2. The van der Waals surface area contributed by atoms with Crippen molar-refractivity contribution in [1.82, 2.24) is 10.2 Å². The molecule has 0 saturated carbocycles. The fraction of sp³-hybridized carbons (Fsp3) is 0.440. The molecule has 0 aromatic heterocycles. The third-order valence-electron chi connectivity index (χ3n) is 5.65. The first-order valence-electron chi connectivity index (χ1n) is 11.1. The maximum atomic E-state index is 12.6. The lowest BCUT2D eigenvalue weighted by Gasteiger charge is -2.27. The van der Waals surface area contributed by atoms with Crippen LogP contribution >= 0.6 is 0 Å². The number of carbonyl (C=O) groups excluding carboxylic acids is 2. The van der Waals surface area contributed by atoms with E-state index < -0.39 is 0 Å². The van der Waals surface area contributed by atoms with Gasteiger partial charge in [0.15, 0.2) is 0 Å². The quantitative estimate of drug-likeness (QED) is 0.607. The summed E-state index contributed by atoms with van der Waals surface area (Å²) in [6, 6.07) is 15.8. The van der Waals surface area contributed by atoms with Crippen LogP contribution in [0.25, 0.3) is 0 Å². The zero-order chi connectivity index (χ0) is 22.1. The molecule has 3 rings (SSSR count). The Kier molecular flexibility index (Phi) is 8.47. The Morgan fingerprint density at radius 2 is 1.84 bits per heavy atom. The molecule has 0 aliphatic heterocycles. The van der Waals surface area contributed by atoms with E-state index in [4.69, 9.17) is 4.74 Å². The predicted octanol–water partition coefficient (Wildman–Crippen LogP) is 3.93. The first-order chi connectivity index (χ1) is 15.1. The van der Waals surface area contributed by atoms with Crippen molar-refractivity contribution in [2.24, 2.45) is 0 Å². The summed E-state index contributed by atoms with van der Waals surface area (Å²) in [5.41, 5.74) is 3.23. The second kappa shape index (κ2) is 11.5. The molecule has 2 amide bonds. The average Bonchev–Trinajstić information content (AvgIpc) is 2.78. The molecule has 1 unspecified atom stereocenters. The molecule has 0 bridgehead atoms. The first kappa shape index (κ1) is 22.8. The van der Waals surface area contributed by atoms with Crippen LogP contribution in [-0.2, 0) is 16.0 Å². The molecule has 1 aliphatic carbocycles. The van der Waals surface area contributed by atoms with Crippen molar-refractivity contribution >= 4 is 17.5 Å². The van der Waals surface area contributed by atoms with Crippen molar-refractivity contribution in [3.63, 3.8) is 0 Å². The van der Waals surface area contributed by atoms with E-state index in [9.17, 15) is 9.59 Å². The topological polar surface area (TPSA) is 70.7 Å². The summed E-state index contributed by atoms with van der Waals surface area (Å²) in [5.74, 6) is 0.553. The standard InChI is InChI=1S/C25H33N3O3/c1-3-16-28(18-25(30)27-22-12-6-7-14-23(22)31-2)17-15-24(29)26-21-13-8-10-19-9-4-5-11-20(19)21/h4-7,9,11-12,14,21H,3,8,10,13,15-18H2,1-2H3,(H,26,29)(H,27,30). The molecule has 6 nitrogen and oxygen atoms in total. The maximum Gasteiger partial charge on any atom is 0.238 e. The number of rotatable bonds is 10. The van der Waals surface area contributed by atoms with Gasteiger partial charge in [0.25, 0.3) is 0 Å². The van der Waals surface area contributed by atoms with Crippen LogP contribution in [-0.4, -0.2) is 43.5 Å². The van der Waals surface area contributed by atoms with E-state index in [-0.39, 0.29) is 24.4 Å². The highest BCUT2D eigenvalue weighted by Gasteiger charge is 2.21. The van der Waals surface area contributed by atoms with Crippen LogP contribution in [0.4, 0.5) is 5.69 Å². The van der Waals surface area contributed by atoms with Crippen LogP contribution in [0.1, 0.15) is 49.8 Å². The molecule has 31 heavy (non-hydrogen) atoms. The molecule has 0 saturated heterocycles. The van der Waals surface area contributed by atoms with Crippen LogP contribution < -0.4 is 15.4 Å². The Morgan fingerprint density at radius 1 is 1.06 bits per heavy atom. The van der Waals surface area contributed by atoms with E-state index in [1.54, 1.807) is 7.11 Å². The molecule has 1 aliphatic rings. The van der Waals surface area contributed by atoms with E-state index in [0.29, 0.717) is 24.4 Å². The summed E-state index contributed by atoms with van der Waals surface area (Å²) in [7, 11) is 1.58. The zero-order valence-corrected chi connectivity index (χ0v) is 18.5. The van der Waals surface area contributed by atoms with Crippen LogP contribution in [0.15, 0.2) is 48.5 Å². The van der Waals surface area contributed by atoms with E-state index in [1.807, 2.05) is 35.2 Å². The first-order valence-corrected chi connectivity index (χ1v) is 11.1. The maximum absolute atomic E-state index is 12.6. The lowest BCUT2D eigenvalue weighted by molar-refractivity contribution is -0.123. The van der Waals surface area contributed by atoms with Crippen LogP contribution in [0.5, 0.6) is 5.75 Å². The normalized spacial score (nSPS) is 15.3. The predicted molar refractivity (Wildman–Crippen MR) is 123 cm³/mol. The molecule has 0 fully saturated rings. The summed E-state index contributed by atoms with van der Waals surface area (Å²) in [6.45, 7) is 3.63. The third-order valence-corrected chi connectivity index (χ3v) is 5.65. The Bertz CT molecular complexity index is 884. The van der Waals surface area contributed by atoms with Crippen molar-refractivity contribution in [3.05, 3.63) is 59.7 Å². The van der Waals surface area contributed by atoms with Gasteiger partial charge in [-0.05, 0) is 55.5 Å². The average molecular weight is 424 g/mol. The number of hydrogen-bond donors (Lipinski definition) is 2. The van der Waals surface area contributed by atoms with E-state index in [0.717, 1.165) is 32.2 Å². The van der Waals surface area contributed by atoms with Gasteiger partial charge >= 0.3 is 0 Å². The molecular formula is C25H33N3O3. The number of para-hydroxylation sites is 2. The van der Waals surface area contributed by atoms with E-state index in [1.165, 1.54) is 11.1 Å². The highest BCUT2D eigenvalue weighted by atomic mass is 16.5. The number of aryl methyl sites for hydroxylation is 1. The molecular weight excluding hydrogens is 390 g/mol. The van der Waals surface area contributed by atoms with Crippen LogP contribution in [0.3, 0.4) is 0 Å². The fourth-order valence-corrected chi connectivity index (χ4v) is 4.16. The third kappa shape index (κ3) is 6.56. The van der Waals surface area contributed by atoms with Gasteiger partial charge in [0.2, 0.25) is 11.8 Å². The number of benzene rings is 2. The van der Waals surface area contributed by atoms with Gasteiger partial charge in [-0.3, -0.25) is 14.5 Å². The van der Waals surface area contributed by atoms with Gasteiger partial charge < -0.3 is 15.4 Å². The van der Waals surface area contributed by atoms with Crippen molar-refractivity contribution in [1.29, 1.82) is 0 Å². The highest BCUT2D eigenvalue weighted by molar-refractivity contribution is 5.93. The zero-order valence-electron chi connectivity index (χ0n) is 18.5. The number of methoxy groups -OCH3 is 1. The van der Waals surface area contributed by atoms with Crippen LogP contribution in [0, 0.1) is 0 Å². The summed E-state index contributed by atoms with van der Waals surface area (Å²) in [4.78, 5) is 27.2. The van der Waals surface area contributed by atoms with Crippen molar-refractivity contribution in [2.45, 2.75) is 45.1 Å². The molecule has 2 aromatic rings. The van der Waals surface area contributed by atoms with Gasteiger partial charge in [0.1, 0.15) is 5.75 Å². The fourth-order valence-electron chi connectivity index (χ4n) is 4.16. The van der Waals surface area contributed by atoms with Gasteiger partial charge in [-0.25, -0.2) is 0 Å². The lowest BCUT2D eigenvalue weighted by Crippen LogP contribution is -2.38. The Labute approximate surface area is 185 Å². The molecule has 6 heteroatoms. The Hall–Kier alpha value is -2.86. The minimum atomic E-state index is -0.112. The minimum absolute atomic E-state index is 0.0351. The van der Waals surface area contributed by atoms with E-state index >= 15 is 0 Å². The Morgan fingerprint density at radius 3 is 2.65 bits per heavy atom. The summed E-state index contributed by atoms with van der Waals surface area (Å²) < 4.78 is 5.29. The Balaban J connectivity index is 1.51. The van der Waals surface area contributed by atoms with Crippen molar-refractivity contribution in [2.75, 3.05) is 32.1 Å². The summed E-state index contributed by atoms with van der Waals surface area (Å²) in [6.07, 6.45) is 4.43. The largest absolute Gasteiger partial charge is 0.495 e. The number of nitrogens with one attached hydrogen (secondary N) is 2. The molecule has 1 atom stereocenters. The van der Waals surface area contributed by atoms with Gasteiger partial charge in [0.05, 0.1) is 25.4 Å². The number of nitrogens with zero attached hydrogens (tertiary/aromatic N) is 1. The van der Waals surface area contributed by atoms with Gasteiger partial charge in [-0.2, -0.15) is 0 Å². The molecule has 0 heterocycles. The molecule has 166 valence electrons. The van der Waals surface area contributed by atoms with Crippen molar-refractivity contribution in [3.8, 4) is 5.75 Å². The van der Waals surface area contributed by atoms with Gasteiger partial charge in [-0.15, -0.1) is 0 Å². The highest BCUT2D eigenvalue weighted by Crippen LogP contribution is 2.29. The lowest BCUT2D eigenvalue weighted by atomic mass is 9.87. The summed E-state index contributed by atoms with van der Waals surface area (Å²) in [5, 5.41) is 6.11. The second-order valence-electron chi connectivity index (χ2n) is 7.99. The monoisotopic (exact) mass is 423 g/mol. The van der Waals surface area contributed by atoms with E-state index in [2.05, 4.69) is 35.8 Å². The molecule has 2 aromatic carbocycles. The SMILES string of the molecule is CCCN(CCC(=O)NC1CCCc2ccccc21)CC(=O)Nc1ccccc1OC. The van der Waals surface area contributed by atoms with Crippen molar-refractivity contribution < 1.29 is 14.3 Å².